The number of esters is 1. The second-order valence-electron chi connectivity index (χ2n) is 9.23. The quantitative estimate of drug-likeness (QED) is 0.571. The summed E-state index contributed by atoms with van der Waals surface area (Å²) in [5.41, 5.74) is 0.570. The van der Waals surface area contributed by atoms with Crippen molar-refractivity contribution in [2.45, 2.75) is 83.9 Å². The third-order valence-corrected chi connectivity index (χ3v) is 6.98. The fourth-order valence-electron chi connectivity index (χ4n) is 5.48. The number of carbonyl (C=O) groups is 1. The molecule has 0 spiro atoms. The molecule has 0 saturated carbocycles. The molecule has 0 aromatic heterocycles. The lowest BCUT2D eigenvalue weighted by Crippen LogP contribution is -2.56. The monoisotopic (exact) mass is 378 g/mol. The number of aliphatic hydroxyl groups is 2. The first-order valence-corrected chi connectivity index (χ1v) is 10.1. The van der Waals surface area contributed by atoms with Crippen LogP contribution in [-0.4, -0.2) is 46.2 Å². The van der Waals surface area contributed by atoms with Gasteiger partial charge in [-0.05, 0) is 44.1 Å². The Labute approximate surface area is 162 Å². The number of fused-ring (bicyclic) bond motifs is 5. The number of aliphatic hydroxyl groups excluding tert-OH is 1. The summed E-state index contributed by atoms with van der Waals surface area (Å²) in [6, 6.07) is 0. The van der Waals surface area contributed by atoms with E-state index in [1.807, 2.05) is 0 Å². The van der Waals surface area contributed by atoms with Crippen LogP contribution in [0.2, 0.25) is 0 Å². The Bertz CT molecular complexity index is 635. The molecule has 3 aliphatic rings. The Morgan fingerprint density at radius 2 is 2.11 bits per heavy atom. The van der Waals surface area contributed by atoms with Crippen molar-refractivity contribution in [2.24, 2.45) is 23.7 Å². The minimum atomic E-state index is -1.39. The van der Waals surface area contributed by atoms with Gasteiger partial charge < -0.3 is 19.7 Å². The maximum absolute atomic E-state index is 11.7. The lowest BCUT2D eigenvalue weighted by molar-refractivity contribution is -0.191. The molecule has 2 saturated heterocycles. The molecule has 3 rings (SSSR count). The van der Waals surface area contributed by atoms with E-state index in [9.17, 15) is 15.0 Å². The summed E-state index contributed by atoms with van der Waals surface area (Å²) < 4.78 is 12.0. The SMILES string of the molecule is C=C1CC2OC(C3C(C(C)C)CC=C(C)C23)C(C)(O)C(OC(C)=O)CC1O. The van der Waals surface area contributed by atoms with E-state index >= 15 is 0 Å². The van der Waals surface area contributed by atoms with Crippen LogP contribution in [0.3, 0.4) is 0 Å². The number of rotatable bonds is 2. The smallest absolute Gasteiger partial charge is 0.303 e. The van der Waals surface area contributed by atoms with E-state index in [0.717, 1.165) is 6.42 Å². The zero-order chi connectivity index (χ0) is 20.1. The first kappa shape index (κ1) is 20.6. The Hall–Kier alpha value is -1.17. The zero-order valence-corrected chi connectivity index (χ0v) is 17.1. The van der Waals surface area contributed by atoms with Gasteiger partial charge in [-0.1, -0.05) is 32.1 Å². The molecule has 5 heteroatoms. The predicted molar refractivity (Wildman–Crippen MR) is 103 cm³/mol. The summed E-state index contributed by atoms with van der Waals surface area (Å²) in [6.07, 6.45) is 1.70. The normalized spacial score (nSPS) is 44.8. The molecule has 0 amide bonds. The molecule has 1 aliphatic carbocycles. The molecule has 2 N–H and O–H groups in total. The van der Waals surface area contributed by atoms with Crippen LogP contribution in [0.5, 0.6) is 0 Å². The maximum atomic E-state index is 11.7. The highest BCUT2D eigenvalue weighted by atomic mass is 16.6. The molecule has 27 heavy (non-hydrogen) atoms. The average Bonchev–Trinajstić information content (AvgIpc) is 2.94. The van der Waals surface area contributed by atoms with Crippen LogP contribution in [0, 0.1) is 23.7 Å². The molecule has 8 unspecified atom stereocenters. The fourth-order valence-corrected chi connectivity index (χ4v) is 5.48. The van der Waals surface area contributed by atoms with E-state index in [0.29, 0.717) is 23.8 Å². The maximum Gasteiger partial charge on any atom is 0.303 e. The molecule has 2 bridgehead atoms. The number of allylic oxidation sites excluding steroid dienone is 1. The van der Waals surface area contributed by atoms with Crippen LogP contribution in [0.15, 0.2) is 23.8 Å². The van der Waals surface area contributed by atoms with Crippen molar-refractivity contribution in [3.8, 4) is 0 Å². The summed E-state index contributed by atoms with van der Waals surface area (Å²) in [4.78, 5) is 11.7. The number of hydrogen-bond donors (Lipinski definition) is 2. The van der Waals surface area contributed by atoms with E-state index in [1.165, 1.54) is 12.5 Å². The topological polar surface area (TPSA) is 76.0 Å². The van der Waals surface area contributed by atoms with Gasteiger partial charge in [0.1, 0.15) is 11.7 Å². The third kappa shape index (κ3) is 3.62. The van der Waals surface area contributed by atoms with E-state index in [-0.39, 0.29) is 24.4 Å². The highest BCUT2D eigenvalue weighted by molar-refractivity contribution is 5.66. The molecule has 2 heterocycles. The second kappa shape index (κ2) is 7.34. The number of ether oxygens (including phenoxy) is 2. The summed E-state index contributed by atoms with van der Waals surface area (Å²) >= 11 is 0. The number of hydrogen-bond acceptors (Lipinski definition) is 5. The van der Waals surface area contributed by atoms with Crippen molar-refractivity contribution in [3.63, 3.8) is 0 Å². The first-order chi connectivity index (χ1) is 12.5. The van der Waals surface area contributed by atoms with Gasteiger partial charge >= 0.3 is 5.97 Å². The van der Waals surface area contributed by atoms with Gasteiger partial charge in [0.05, 0.1) is 18.3 Å². The van der Waals surface area contributed by atoms with Gasteiger partial charge in [0.25, 0.3) is 0 Å². The average molecular weight is 379 g/mol. The molecule has 0 aromatic rings. The van der Waals surface area contributed by atoms with E-state index < -0.39 is 29.9 Å². The number of carbonyl (C=O) groups excluding carboxylic acids is 1. The lowest BCUT2D eigenvalue weighted by atomic mass is 9.62. The van der Waals surface area contributed by atoms with Crippen LogP contribution < -0.4 is 0 Å². The van der Waals surface area contributed by atoms with Gasteiger partial charge in [0.15, 0.2) is 0 Å². The molecule has 2 aliphatic heterocycles. The first-order valence-electron chi connectivity index (χ1n) is 10.1. The molecular formula is C22H34O5. The Balaban J connectivity index is 2.08. The minimum absolute atomic E-state index is 0.123. The molecule has 2 fully saturated rings. The lowest BCUT2D eigenvalue weighted by Gasteiger charge is -2.44. The van der Waals surface area contributed by atoms with Crippen LogP contribution in [-0.2, 0) is 14.3 Å². The van der Waals surface area contributed by atoms with Crippen molar-refractivity contribution in [3.05, 3.63) is 23.8 Å². The minimum Gasteiger partial charge on any atom is -0.459 e. The predicted octanol–water partition coefficient (Wildman–Crippen LogP) is 3.00. The van der Waals surface area contributed by atoms with Crippen molar-refractivity contribution >= 4 is 5.97 Å². The third-order valence-electron chi connectivity index (χ3n) is 6.98. The largest absolute Gasteiger partial charge is 0.459 e. The van der Waals surface area contributed by atoms with Crippen LogP contribution >= 0.6 is 0 Å². The van der Waals surface area contributed by atoms with Crippen LogP contribution in [0.4, 0.5) is 0 Å². The highest BCUT2D eigenvalue weighted by Crippen LogP contribution is 2.53. The van der Waals surface area contributed by atoms with Crippen molar-refractivity contribution in [1.82, 2.24) is 0 Å². The highest BCUT2D eigenvalue weighted by Gasteiger charge is 2.59. The van der Waals surface area contributed by atoms with Gasteiger partial charge in [-0.3, -0.25) is 4.79 Å². The van der Waals surface area contributed by atoms with Crippen LogP contribution in [0.1, 0.15) is 53.9 Å². The standard InChI is InChI=1S/C22H34O5/c1-11(2)15-8-7-12(3)19-17-9-13(4)16(24)10-18(26-14(5)23)22(6,25)21(27-17)20(15)19/h7,11,15-21,24-25H,4,8-10H2,1-3,5-6H3. The van der Waals surface area contributed by atoms with Gasteiger partial charge in [0.2, 0.25) is 0 Å². The van der Waals surface area contributed by atoms with Gasteiger partial charge in [-0.15, -0.1) is 0 Å². The zero-order valence-electron chi connectivity index (χ0n) is 17.1. The Morgan fingerprint density at radius 1 is 1.44 bits per heavy atom. The second-order valence-corrected chi connectivity index (χ2v) is 9.23. The Kier molecular flexibility index (Phi) is 5.59. The van der Waals surface area contributed by atoms with Crippen molar-refractivity contribution < 1.29 is 24.5 Å². The van der Waals surface area contributed by atoms with E-state index in [2.05, 4.69) is 33.4 Å². The van der Waals surface area contributed by atoms with Gasteiger partial charge in [-0.2, -0.15) is 0 Å². The summed E-state index contributed by atoms with van der Waals surface area (Å²) in [5.74, 6) is 0.699. The molecule has 152 valence electrons. The summed E-state index contributed by atoms with van der Waals surface area (Å²) in [6.45, 7) is 13.6. The van der Waals surface area contributed by atoms with Gasteiger partial charge in [-0.25, -0.2) is 0 Å². The summed E-state index contributed by atoms with van der Waals surface area (Å²) in [7, 11) is 0. The van der Waals surface area contributed by atoms with E-state index in [1.54, 1.807) is 6.92 Å². The fraction of sp³-hybridized carbons (Fsp3) is 0.773. The molecule has 0 radical (unpaired) electrons. The van der Waals surface area contributed by atoms with Crippen molar-refractivity contribution in [2.75, 3.05) is 0 Å². The van der Waals surface area contributed by atoms with Crippen molar-refractivity contribution in [1.29, 1.82) is 0 Å². The van der Waals surface area contributed by atoms with Crippen LogP contribution in [0.25, 0.3) is 0 Å². The molecule has 0 aromatic carbocycles. The Morgan fingerprint density at radius 3 is 2.70 bits per heavy atom. The van der Waals surface area contributed by atoms with E-state index in [4.69, 9.17) is 9.47 Å². The summed E-state index contributed by atoms with van der Waals surface area (Å²) in [5, 5.41) is 22.1. The molecule has 8 atom stereocenters. The van der Waals surface area contributed by atoms with Gasteiger partial charge in [0, 0.05) is 25.2 Å². The molecule has 5 nitrogen and oxygen atoms in total. The molecular weight excluding hydrogens is 344 g/mol.